The third-order valence-electron chi connectivity index (χ3n) is 3.45. The van der Waals surface area contributed by atoms with Crippen molar-refractivity contribution in [2.45, 2.75) is 13.2 Å². The summed E-state index contributed by atoms with van der Waals surface area (Å²) in [7, 11) is 0. The summed E-state index contributed by atoms with van der Waals surface area (Å²) in [6, 6.07) is 14.8. The minimum absolute atomic E-state index is 0.0502. The first-order valence-corrected chi connectivity index (χ1v) is 7.48. The average molecular weight is 334 g/mol. The van der Waals surface area contributed by atoms with E-state index in [9.17, 15) is 9.90 Å². The summed E-state index contributed by atoms with van der Waals surface area (Å²) in [4.78, 5) is 12.1. The molecule has 0 aliphatic carbocycles. The maximum Gasteiger partial charge on any atom is 0.184 e. The van der Waals surface area contributed by atoms with Crippen molar-refractivity contribution in [3.05, 3.63) is 71.5 Å². The summed E-state index contributed by atoms with van der Waals surface area (Å²) in [5.74, 6) is 0.595. The molecule has 3 rings (SSSR count). The van der Waals surface area contributed by atoms with E-state index in [4.69, 9.17) is 10.00 Å². The fraction of sp³-hybridized carbons (Fsp3) is 0.111. The number of nitriles is 1. The normalized spacial score (nSPS) is 10.2. The fourth-order valence-electron chi connectivity index (χ4n) is 2.15. The van der Waals surface area contributed by atoms with Crippen molar-refractivity contribution in [1.82, 2.24) is 15.0 Å². The van der Waals surface area contributed by atoms with E-state index in [-0.39, 0.29) is 24.7 Å². The molecule has 0 fully saturated rings. The molecule has 0 aliphatic heterocycles. The number of phenols is 1. The molecule has 3 aromatic rings. The van der Waals surface area contributed by atoms with Gasteiger partial charge in [0.2, 0.25) is 0 Å². The number of aromatic hydroxyl groups is 1. The van der Waals surface area contributed by atoms with Gasteiger partial charge in [0.25, 0.3) is 0 Å². The molecule has 1 aromatic heterocycles. The SMILES string of the molecule is N#Cc1ccc(OCc2cn(CC(=O)c3ccc(O)cc3)nn2)cc1. The zero-order chi connectivity index (χ0) is 17.6. The summed E-state index contributed by atoms with van der Waals surface area (Å²) in [6.07, 6.45) is 1.64. The first-order valence-electron chi connectivity index (χ1n) is 7.48. The Kier molecular flexibility index (Phi) is 4.72. The number of rotatable bonds is 6. The lowest BCUT2D eigenvalue weighted by Gasteiger charge is -2.03. The summed E-state index contributed by atoms with van der Waals surface area (Å²) >= 11 is 0. The summed E-state index contributed by atoms with van der Waals surface area (Å²) in [5, 5.41) is 25.9. The summed E-state index contributed by atoms with van der Waals surface area (Å²) in [6.45, 7) is 0.258. The second-order valence-electron chi connectivity index (χ2n) is 5.30. The molecule has 7 nitrogen and oxygen atoms in total. The van der Waals surface area contributed by atoms with Crippen LogP contribution in [0.15, 0.2) is 54.7 Å². The van der Waals surface area contributed by atoms with E-state index in [1.807, 2.05) is 6.07 Å². The molecular weight excluding hydrogens is 320 g/mol. The molecular formula is C18H14N4O3. The number of hydrogen-bond donors (Lipinski definition) is 1. The Morgan fingerprint density at radius 2 is 1.88 bits per heavy atom. The lowest BCUT2D eigenvalue weighted by Crippen LogP contribution is -2.10. The van der Waals surface area contributed by atoms with Crippen molar-refractivity contribution in [2.24, 2.45) is 0 Å². The Hall–Kier alpha value is -3.66. The molecule has 0 saturated heterocycles. The molecule has 2 aromatic carbocycles. The third-order valence-corrected chi connectivity index (χ3v) is 3.45. The van der Waals surface area contributed by atoms with Crippen LogP contribution in [0.5, 0.6) is 11.5 Å². The second-order valence-corrected chi connectivity index (χ2v) is 5.30. The van der Waals surface area contributed by atoms with Crippen molar-refractivity contribution >= 4 is 5.78 Å². The minimum atomic E-state index is -0.135. The number of ketones is 1. The van der Waals surface area contributed by atoms with Crippen molar-refractivity contribution in [1.29, 1.82) is 5.26 Å². The smallest absolute Gasteiger partial charge is 0.184 e. The molecule has 0 atom stereocenters. The Labute approximate surface area is 143 Å². The Morgan fingerprint density at radius 3 is 2.56 bits per heavy atom. The van der Waals surface area contributed by atoms with E-state index in [1.165, 1.54) is 16.8 Å². The molecule has 124 valence electrons. The molecule has 0 radical (unpaired) electrons. The number of aromatic nitrogens is 3. The van der Waals surface area contributed by atoms with Crippen LogP contribution in [0.1, 0.15) is 21.6 Å². The van der Waals surface area contributed by atoms with Gasteiger partial charge in [0.1, 0.15) is 30.3 Å². The van der Waals surface area contributed by atoms with Gasteiger partial charge in [-0.1, -0.05) is 5.21 Å². The Balaban J connectivity index is 1.57. The molecule has 1 heterocycles. The van der Waals surface area contributed by atoms with Crippen LogP contribution in [-0.2, 0) is 13.2 Å². The van der Waals surface area contributed by atoms with Crippen LogP contribution in [-0.4, -0.2) is 25.9 Å². The number of Topliss-reactive ketones (excluding diaryl/α,β-unsaturated/α-hetero) is 1. The maximum absolute atomic E-state index is 12.1. The van der Waals surface area contributed by atoms with Crippen LogP contribution >= 0.6 is 0 Å². The van der Waals surface area contributed by atoms with Gasteiger partial charge in [-0.25, -0.2) is 4.68 Å². The molecule has 0 aliphatic rings. The highest BCUT2D eigenvalue weighted by Crippen LogP contribution is 2.13. The number of phenolic OH excluding ortho intramolecular Hbond substituents is 1. The number of benzene rings is 2. The van der Waals surface area contributed by atoms with Crippen LogP contribution in [0.4, 0.5) is 0 Å². The van der Waals surface area contributed by atoms with Gasteiger partial charge in [0.05, 0.1) is 17.8 Å². The van der Waals surface area contributed by atoms with Crippen LogP contribution in [0.2, 0.25) is 0 Å². The predicted octanol–water partition coefficient (Wildman–Crippen LogP) is 2.32. The van der Waals surface area contributed by atoms with E-state index < -0.39 is 0 Å². The zero-order valence-electron chi connectivity index (χ0n) is 13.2. The molecule has 1 N–H and O–H groups in total. The van der Waals surface area contributed by atoms with Gasteiger partial charge in [-0.2, -0.15) is 5.26 Å². The highest BCUT2D eigenvalue weighted by molar-refractivity contribution is 5.95. The van der Waals surface area contributed by atoms with Gasteiger partial charge in [-0.3, -0.25) is 4.79 Å². The van der Waals surface area contributed by atoms with Gasteiger partial charge >= 0.3 is 0 Å². The fourth-order valence-corrected chi connectivity index (χ4v) is 2.15. The first kappa shape index (κ1) is 16.2. The van der Waals surface area contributed by atoms with Gasteiger partial charge < -0.3 is 9.84 Å². The Bertz CT molecular complexity index is 909. The molecule has 0 unspecified atom stereocenters. The topological polar surface area (TPSA) is 101 Å². The second kappa shape index (κ2) is 7.27. The van der Waals surface area contributed by atoms with Crippen molar-refractivity contribution < 1.29 is 14.6 Å². The monoisotopic (exact) mass is 334 g/mol. The van der Waals surface area contributed by atoms with E-state index >= 15 is 0 Å². The Morgan fingerprint density at radius 1 is 1.16 bits per heavy atom. The molecule has 0 saturated carbocycles. The van der Waals surface area contributed by atoms with Crippen LogP contribution in [0.25, 0.3) is 0 Å². The molecule has 0 spiro atoms. The number of hydrogen-bond acceptors (Lipinski definition) is 6. The standard InChI is InChI=1S/C18H14N4O3/c19-9-13-1-7-17(8-2-13)25-12-15-10-22(21-20-15)11-18(24)14-3-5-16(23)6-4-14/h1-8,10,23H,11-12H2. The molecule has 0 bridgehead atoms. The third kappa shape index (κ3) is 4.20. The minimum Gasteiger partial charge on any atom is -0.508 e. The number of ether oxygens (including phenoxy) is 1. The van der Waals surface area contributed by atoms with Crippen LogP contribution in [0.3, 0.4) is 0 Å². The molecule has 0 amide bonds. The van der Waals surface area contributed by atoms with Gasteiger partial charge in [-0.15, -0.1) is 5.10 Å². The number of nitrogens with zero attached hydrogens (tertiary/aromatic N) is 4. The average Bonchev–Trinajstić information content (AvgIpc) is 3.08. The molecule has 25 heavy (non-hydrogen) atoms. The number of carbonyl (C=O) groups excluding carboxylic acids is 1. The molecule has 7 heteroatoms. The number of carbonyl (C=O) groups is 1. The largest absolute Gasteiger partial charge is 0.508 e. The van der Waals surface area contributed by atoms with Gasteiger partial charge in [0.15, 0.2) is 5.78 Å². The lowest BCUT2D eigenvalue weighted by atomic mass is 10.1. The predicted molar refractivity (Wildman–Crippen MR) is 87.9 cm³/mol. The lowest BCUT2D eigenvalue weighted by molar-refractivity contribution is 0.0967. The first-order chi connectivity index (χ1) is 12.1. The van der Waals surface area contributed by atoms with E-state index in [1.54, 1.807) is 42.6 Å². The highest BCUT2D eigenvalue weighted by Gasteiger charge is 2.09. The quantitative estimate of drug-likeness (QED) is 0.694. The van der Waals surface area contributed by atoms with E-state index in [2.05, 4.69) is 10.3 Å². The van der Waals surface area contributed by atoms with Crippen molar-refractivity contribution in [3.63, 3.8) is 0 Å². The zero-order valence-corrected chi connectivity index (χ0v) is 13.2. The van der Waals surface area contributed by atoms with Crippen LogP contribution < -0.4 is 4.74 Å². The highest BCUT2D eigenvalue weighted by atomic mass is 16.5. The van der Waals surface area contributed by atoms with Crippen molar-refractivity contribution in [2.75, 3.05) is 0 Å². The van der Waals surface area contributed by atoms with E-state index in [0.29, 0.717) is 22.6 Å². The van der Waals surface area contributed by atoms with Gasteiger partial charge in [0, 0.05) is 5.56 Å². The maximum atomic E-state index is 12.1. The van der Waals surface area contributed by atoms with Crippen LogP contribution in [0, 0.1) is 11.3 Å². The van der Waals surface area contributed by atoms with E-state index in [0.717, 1.165) is 0 Å². The van der Waals surface area contributed by atoms with Crippen molar-refractivity contribution in [3.8, 4) is 17.6 Å². The summed E-state index contributed by atoms with van der Waals surface area (Å²) < 4.78 is 7.01. The summed E-state index contributed by atoms with van der Waals surface area (Å²) in [5.41, 5.74) is 1.64. The van der Waals surface area contributed by atoms with Gasteiger partial charge in [-0.05, 0) is 48.5 Å².